The van der Waals surface area contributed by atoms with E-state index in [9.17, 15) is 19.8 Å². The molecule has 0 atom stereocenters. The first-order chi connectivity index (χ1) is 28.0. The summed E-state index contributed by atoms with van der Waals surface area (Å²) in [5, 5.41) is 21.7. The van der Waals surface area contributed by atoms with Crippen LogP contribution in [-0.4, -0.2) is 35.0 Å². The molecule has 0 unspecified atom stereocenters. The molecule has 0 amide bonds. The fraction of sp³-hybridized carbons (Fsp3) is 0.240. The van der Waals surface area contributed by atoms with Crippen molar-refractivity contribution < 1.29 is 29.3 Å². The Kier molecular flexibility index (Phi) is 19.1. The molecule has 0 aliphatic carbocycles. The highest BCUT2D eigenvalue weighted by Gasteiger charge is 2.19. The van der Waals surface area contributed by atoms with Gasteiger partial charge in [-0.3, -0.25) is 9.59 Å². The second kappa shape index (κ2) is 24.2. The van der Waals surface area contributed by atoms with Crippen LogP contribution in [0.2, 0.25) is 0 Å². The van der Waals surface area contributed by atoms with E-state index in [0.717, 1.165) is 35.1 Å². The van der Waals surface area contributed by atoms with Gasteiger partial charge in [-0.05, 0) is 160 Å². The first kappa shape index (κ1) is 45.8. The molecular formula is C50H58N2O6. The molecule has 304 valence electrons. The minimum absolute atomic E-state index is 0.0974. The van der Waals surface area contributed by atoms with Gasteiger partial charge in [-0.1, -0.05) is 50.3 Å². The molecule has 4 aromatic rings. The molecule has 0 aromatic heterocycles. The number of ketones is 2. The SMILES string of the molecule is C/C=C/Cc1cc(C/C=C/C)c(OCCC)c(/C=C/C(=O)c2ccc(N)cc2)c1O.C=CCc1cc(CC=C)c(OCCC)c(/C=C/C(=O)c2ccc(N)cc2)c1O. The van der Waals surface area contributed by atoms with Crippen molar-refractivity contribution in [2.45, 2.75) is 66.2 Å². The summed E-state index contributed by atoms with van der Waals surface area (Å²) in [4.78, 5) is 25.1. The summed E-state index contributed by atoms with van der Waals surface area (Å²) in [6.45, 7) is 16.6. The lowest BCUT2D eigenvalue weighted by molar-refractivity contribution is 0.103. The van der Waals surface area contributed by atoms with E-state index in [4.69, 9.17) is 20.9 Å². The Labute approximate surface area is 344 Å². The molecule has 0 aliphatic heterocycles. The van der Waals surface area contributed by atoms with Crippen molar-refractivity contribution >= 4 is 35.1 Å². The van der Waals surface area contributed by atoms with Gasteiger partial charge >= 0.3 is 0 Å². The lowest BCUT2D eigenvalue weighted by Crippen LogP contribution is -2.03. The number of aromatic hydroxyl groups is 2. The van der Waals surface area contributed by atoms with E-state index in [1.165, 1.54) is 12.2 Å². The largest absolute Gasteiger partial charge is 0.507 e. The number of benzene rings is 4. The maximum Gasteiger partial charge on any atom is 0.185 e. The van der Waals surface area contributed by atoms with Crippen molar-refractivity contribution in [1.82, 2.24) is 0 Å². The summed E-state index contributed by atoms with van der Waals surface area (Å²) in [5.41, 5.74) is 18.1. The molecule has 0 spiro atoms. The maximum atomic E-state index is 12.6. The molecule has 0 saturated heterocycles. The molecule has 8 heteroatoms. The summed E-state index contributed by atoms with van der Waals surface area (Å²) >= 11 is 0. The fourth-order valence-corrected chi connectivity index (χ4v) is 5.87. The smallest absolute Gasteiger partial charge is 0.185 e. The highest BCUT2D eigenvalue weighted by atomic mass is 16.5. The molecule has 6 N–H and O–H groups in total. The number of anilines is 2. The highest BCUT2D eigenvalue weighted by Crippen LogP contribution is 2.39. The van der Waals surface area contributed by atoms with E-state index in [0.29, 0.717) is 84.0 Å². The van der Waals surface area contributed by atoms with E-state index in [2.05, 4.69) is 19.2 Å². The van der Waals surface area contributed by atoms with Crippen LogP contribution in [0.3, 0.4) is 0 Å². The first-order valence-electron chi connectivity index (χ1n) is 19.6. The molecule has 0 heterocycles. The average Bonchev–Trinajstić information content (AvgIpc) is 3.22. The van der Waals surface area contributed by atoms with Gasteiger partial charge in [0.15, 0.2) is 11.6 Å². The van der Waals surface area contributed by atoms with Gasteiger partial charge in [0, 0.05) is 22.5 Å². The Morgan fingerprint density at radius 3 is 1.34 bits per heavy atom. The van der Waals surface area contributed by atoms with Gasteiger partial charge in [0.1, 0.15) is 23.0 Å². The molecule has 0 saturated carbocycles. The van der Waals surface area contributed by atoms with Crippen molar-refractivity contribution in [2.24, 2.45) is 0 Å². The molecule has 0 aliphatic rings. The monoisotopic (exact) mass is 782 g/mol. The zero-order valence-corrected chi connectivity index (χ0v) is 34.3. The van der Waals surface area contributed by atoms with Gasteiger partial charge in [0.2, 0.25) is 0 Å². The van der Waals surface area contributed by atoms with Crippen LogP contribution in [0.4, 0.5) is 11.4 Å². The second-order valence-corrected chi connectivity index (χ2v) is 13.4. The van der Waals surface area contributed by atoms with Crippen LogP contribution in [0.5, 0.6) is 23.0 Å². The standard InChI is InChI=1S/C26H31NO3.C24H27NO3/c1-4-7-9-20-18-21(10-8-5-2)26(30-17-6-3)23(25(20)29)15-16-24(28)19-11-13-22(27)14-12-19;1-4-7-18-16-19(8-5-2)24(28-15-6-3)21(23(18)27)13-14-22(26)17-9-11-20(25)12-10-17/h4-5,7-8,11-16,18,29H,6,9-10,17,27H2,1-3H3;4-5,9-14,16,27H,1-2,6-8,15,25H2,3H3/b7-4+,8-5+,16-15+;14-13+. The third-order valence-electron chi connectivity index (χ3n) is 8.86. The Morgan fingerprint density at radius 2 is 0.966 bits per heavy atom. The van der Waals surface area contributed by atoms with E-state index < -0.39 is 0 Å². The number of ether oxygens (including phenoxy) is 2. The summed E-state index contributed by atoms with van der Waals surface area (Å²) in [5.74, 6) is 1.10. The Balaban J connectivity index is 0.000000311. The van der Waals surface area contributed by atoms with Crippen LogP contribution in [0.1, 0.15) is 94.6 Å². The number of hydrogen-bond acceptors (Lipinski definition) is 8. The van der Waals surface area contributed by atoms with Gasteiger partial charge < -0.3 is 31.2 Å². The molecule has 0 radical (unpaired) electrons. The zero-order valence-electron chi connectivity index (χ0n) is 34.3. The topological polar surface area (TPSA) is 145 Å². The van der Waals surface area contributed by atoms with E-state index in [-0.39, 0.29) is 23.1 Å². The zero-order chi connectivity index (χ0) is 42.5. The van der Waals surface area contributed by atoms with Gasteiger partial charge in [-0.2, -0.15) is 0 Å². The van der Waals surface area contributed by atoms with Crippen molar-refractivity contribution in [1.29, 1.82) is 0 Å². The third kappa shape index (κ3) is 13.3. The van der Waals surface area contributed by atoms with Crippen molar-refractivity contribution in [3.8, 4) is 23.0 Å². The minimum Gasteiger partial charge on any atom is -0.507 e. The quantitative estimate of drug-likeness (QED) is 0.0300. The van der Waals surface area contributed by atoms with Crippen molar-refractivity contribution in [3.05, 3.63) is 167 Å². The van der Waals surface area contributed by atoms with Crippen LogP contribution in [0.15, 0.2) is 122 Å². The Bertz CT molecular complexity index is 2120. The molecule has 8 nitrogen and oxygen atoms in total. The lowest BCUT2D eigenvalue weighted by atomic mass is 9.97. The predicted octanol–water partition coefficient (Wildman–Crippen LogP) is 11.0. The lowest BCUT2D eigenvalue weighted by Gasteiger charge is -2.17. The van der Waals surface area contributed by atoms with Crippen LogP contribution in [0.25, 0.3) is 12.2 Å². The summed E-state index contributed by atoms with van der Waals surface area (Å²) in [7, 11) is 0. The Hall–Kier alpha value is -6.54. The summed E-state index contributed by atoms with van der Waals surface area (Å²) in [6.07, 6.45) is 21.7. The molecule has 0 fully saturated rings. The van der Waals surface area contributed by atoms with Crippen molar-refractivity contribution in [2.75, 3.05) is 24.7 Å². The number of nitrogens with two attached hydrogens (primary N) is 2. The molecule has 58 heavy (non-hydrogen) atoms. The highest BCUT2D eigenvalue weighted by molar-refractivity contribution is 6.08. The van der Waals surface area contributed by atoms with Gasteiger partial charge in [-0.25, -0.2) is 0 Å². The predicted molar refractivity (Wildman–Crippen MR) is 241 cm³/mol. The third-order valence-corrected chi connectivity index (χ3v) is 8.86. The number of nitrogen functional groups attached to an aromatic ring is 2. The second-order valence-electron chi connectivity index (χ2n) is 13.4. The van der Waals surface area contributed by atoms with E-state index >= 15 is 0 Å². The molecule has 4 rings (SSSR count). The fourth-order valence-electron chi connectivity index (χ4n) is 5.87. The number of phenolic OH excluding ortho intramolecular Hbond substituents is 2. The molecule has 4 aromatic carbocycles. The van der Waals surface area contributed by atoms with Crippen molar-refractivity contribution in [3.63, 3.8) is 0 Å². The summed E-state index contributed by atoms with van der Waals surface area (Å²) in [6, 6.07) is 17.4. The van der Waals surface area contributed by atoms with Crippen LogP contribution >= 0.6 is 0 Å². The van der Waals surface area contributed by atoms with Crippen LogP contribution in [0, 0.1) is 0 Å². The van der Waals surface area contributed by atoms with E-state index in [1.807, 2.05) is 58.1 Å². The minimum atomic E-state index is -0.180. The number of carbonyl (C=O) groups excluding carboxylic acids is 2. The first-order valence-corrected chi connectivity index (χ1v) is 19.6. The van der Waals surface area contributed by atoms with Crippen LogP contribution in [-0.2, 0) is 25.7 Å². The van der Waals surface area contributed by atoms with Gasteiger partial charge in [0.05, 0.1) is 24.3 Å². The van der Waals surface area contributed by atoms with Gasteiger partial charge in [-0.15, -0.1) is 13.2 Å². The van der Waals surface area contributed by atoms with E-state index in [1.54, 1.807) is 72.8 Å². The number of rotatable bonds is 20. The van der Waals surface area contributed by atoms with Gasteiger partial charge in [0.25, 0.3) is 0 Å². The Morgan fingerprint density at radius 1 is 0.603 bits per heavy atom. The number of phenols is 2. The normalized spacial score (nSPS) is 11.2. The number of allylic oxidation sites excluding steroid dienone is 8. The average molecular weight is 783 g/mol. The molecular weight excluding hydrogens is 725 g/mol. The van der Waals surface area contributed by atoms with Crippen LogP contribution < -0.4 is 20.9 Å². The number of hydrogen-bond donors (Lipinski definition) is 4. The summed E-state index contributed by atoms with van der Waals surface area (Å²) < 4.78 is 11.9. The number of carbonyl (C=O) groups is 2. The molecule has 0 bridgehead atoms. The maximum absolute atomic E-state index is 12.6.